The molecule has 0 heterocycles. The van der Waals surface area contributed by atoms with Crippen molar-refractivity contribution >= 4 is 5.69 Å². The molecule has 0 saturated heterocycles. The van der Waals surface area contributed by atoms with Gasteiger partial charge in [-0.1, -0.05) is 5.57 Å². The number of hydrogen-bond donors (Lipinski definition) is 1. The van der Waals surface area contributed by atoms with E-state index in [-0.39, 0.29) is 0 Å². The normalized spacial score (nSPS) is 9.80. The lowest BCUT2D eigenvalue weighted by atomic mass is 10.2. The summed E-state index contributed by atoms with van der Waals surface area (Å²) in [6.07, 6.45) is 1.01. The maximum atomic E-state index is 5.20. The lowest BCUT2D eigenvalue weighted by molar-refractivity contribution is 0.412. The summed E-state index contributed by atoms with van der Waals surface area (Å²) in [5, 5.41) is 3.35. The molecule has 15 heavy (non-hydrogen) atoms. The second-order valence-electron chi connectivity index (χ2n) is 3.82. The smallest absolute Gasteiger partial charge is 0.121 e. The molecule has 0 unspecified atom stereocenters. The van der Waals surface area contributed by atoms with Gasteiger partial charge in [0.2, 0.25) is 0 Å². The number of hydrogen-bond acceptors (Lipinski definition) is 2. The minimum Gasteiger partial charge on any atom is -0.496 e. The lowest BCUT2D eigenvalue weighted by Gasteiger charge is -2.09. The summed E-state index contributed by atoms with van der Waals surface area (Å²) in [6, 6.07) is 6.11. The van der Waals surface area contributed by atoms with Crippen LogP contribution in [0.1, 0.15) is 18.9 Å². The van der Waals surface area contributed by atoms with Crippen LogP contribution in [0.3, 0.4) is 0 Å². The maximum Gasteiger partial charge on any atom is 0.121 e. The van der Waals surface area contributed by atoms with E-state index in [1.165, 1.54) is 5.57 Å². The number of nitrogens with one attached hydrogen (secondary N) is 1. The number of rotatable bonds is 5. The van der Waals surface area contributed by atoms with Crippen molar-refractivity contribution in [3.05, 3.63) is 35.9 Å². The van der Waals surface area contributed by atoms with Crippen molar-refractivity contribution in [1.29, 1.82) is 0 Å². The van der Waals surface area contributed by atoms with Crippen LogP contribution in [0.4, 0.5) is 5.69 Å². The molecule has 0 fully saturated rings. The molecule has 2 heteroatoms. The Morgan fingerprint density at radius 3 is 2.73 bits per heavy atom. The van der Waals surface area contributed by atoms with Gasteiger partial charge in [0.05, 0.1) is 7.11 Å². The van der Waals surface area contributed by atoms with Gasteiger partial charge >= 0.3 is 0 Å². The van der Waals surface area contributed by atoms with E-state index in [2.05, 4.69) is 18.0 Å². The summed E-state index contributed by atoms with van der Waals surface area (Å²) in [5.74, 6) is 0.931. The van der Waals surface area contributed by atoms with Crippen molar-refractivity contribution in [1.82, 2.24) is 0 Å². The van der Waals surface area contributed by atoms with Crippen molar-refractivity contribution in [3.8, 4) is 5.75 Å². The largest absolute Gasteiger partial charge is 0.496 e. The SMILES string of the molecule is C=C(C)CCNc1ccc(OC)c(C)c1. The van der Waals surface area contributed by atoms with Gasteiger partial charge < -0.3 is 10.1 Å². The Bertz CT molecular complexity index is 344. The van der Waals surface area contributed by atoms with Crippen LogP contribution in [0.15, 0.2) is 30.4 Å². The molecule has 0 aliphatic heterocycles. The Kier molecular flexibility index (Phi) is 4.22. The quantitative estimate of drug-likeness (QED) is 0.744. The van der Waals surface area contributed by atoms with Crippen LogP contribution in [0, 0.1) is 6.92 Å². The maximum absolute atomic E-state index is 5.20. The van der Waals surface area contributed by atoms with E-state index in [4.69, 9.17) is 4.74 Å². The molecule has 2 nitrogen and oxygen atoms in total. The number of aryl methyl sites for hydroxylation is 1. The van der Waals surface area contributed by atoms with Crippen LogP contribution in [-0.2, 0) is 0 Å². The van der Waals surface area contributed by atoms with Crippen molar-refractivity contribution in [2.75, 3.05) is 19.0 Å². The Morgan fingerprint density at radius 1 is 1.47 bits per heavy atom. The summed E-state index contributed by atoms with van der Waals surface area (Å²) in [7, 11) is 1.69. The first-order chi connectivity index (χ1) is 7.13. The van der Waals surface area contributed by atoms with Crippen LogP contribution in [0.25, 0.3) is 0 Å². The van der Waals surface area contributed by atoms with Crippen molar-refractivity contribution in [2.45, 2.75) is 20.3 Å². The molecule has 0 amide bonds. The van der Waals surface area contributed by atoms with E-state index in [1.54, 1.807) is 7.11 Å². The summed E-state index contributed by atoms with van der Waals surface area (Å²) in [5.41, 5.74) is 3.49. The van der Waals surface area contributed by atoms with Crippen LogP contribution in [0.2, 0.25) is 0 Å². The van der Waals surface area contributed by atoms with Crippen molar-refractivity contribution in [2.24, 2.45) is 0 Å². The van der Waals surface area contributed by atoms with Gasteiger partial charge in [0, 0.05) is 12.2 Å². The predicted molar refractivity (Wildman–Crippen MR) is 65.7 cm³/mol. The van der Waals surface area contributed by atoms with Gasteiger partial charge in [-0.05, 0) is 44.0 Å². The van der Waals surface area contributed by atoms with Gasteiger partial charge in [0.15, 0.2) is 0 Å². The molecule has 1 N–H and O–H groups in total. The molecule has 0 radical (unpaired) electrons. The fraction of sp³-hybridized carbons (Fsp3) is 0.385. The molecule has 0 saturated carbocycles. The summed E-state index contributed by atoms with van der Waals surface area (Å²) in [4.78, 5) is 0. The Balaban J connectivity index is 2.55. The molecular formula is C13H19NO. The van der Waals surface area contributed by atoms with E-state index in [0.29, 0.717) is 0 Å². The van der Waals surface area contributed by atoms with Crippen LogP contribution < -0.4 is 10.1 Å². The standard InChI is InChI=1S/C13H19NO/c1-10(2)7-8-14-12-5-6-13(15-4)11(3)9-12/h5-6,9,14H,1,7-8H2,2-4H3. The fourth-order valence-corrected chi connectivity index (χ4v) is 1.41. The van der Waals surface area contributed by atoms with E-state index >= 15 is 0 Å². The number of methoxy groups -OCH3 is 1. The zero-order chi connectivity index (χ0) is 11.3. The van der Waals surface area contributed by atoms with Gasteiger partial charge in [-0.3, -0.25) is 0 Å². The highest BCUT2D eigenvalue weighted by Gasteiger charge is 1.98. The summed E-state index contributed by atoms with van der Waals surface area (Å²) >= 11 is 0. The van der Waals surface area contributed by atoms with Crippen LogP contribution in [-0.4, -0.2) is 13.7 Å². The van der Waals surface area contributed by atoms with E-state index < -0.39 is 0 Å². The molecule has 1 rings (SSSR count). The first-order valence-electron chi connectivity index (χ1n) is 5.16. The van der Waals surface area contributed by atoms with Crippen LogP contribution in [0.5, 0.6) is 5.75 Å². The first-order valence-corrected chi connectivity index (χ1v) is 5.16. The Labute approximate surface area is 92.0 Å². The molecule has 0 aliphatic rings. The highest BCUT2D eigenvalue weighted by molar-refractivity contribution is 5.50. The second kappa shape index (κ2) is 5.44. The highest BCUT2D eigenvalue weighted by Crippen LogP contribution is 2.21. The zero-order valence-electron chi connectivity index (χ0n) is 9.76. The van der Waals surface area contributed by atoms with Gasteiger partial charge in [-0.25, -0.2) is 0 Å². The average Bonchev–Trinajstić information content (AvgIpc) is 2.17. The highest BCUT2D eigenvalue weighted by atomic mass is 16.5. The summed E-state index contributed by atoms with van der Waals surface area (Å²) in [6.45, 7) is 8.89. The lowest BCUT2D eigenvalue weighted by Crippen LogP contribution is -2.02. The third-order valence-electron chi connectivity index (χ3n) is 2.28. The number of benzene rings is 1. The number of ether oxygens (including phenoxy) is 1. The molecule has 1 aromatic rings. The molecule has 0 aliphatic carbocycles. The van der Waals surface area contributed by atoms with Crippen molar-refractivity contribution in [3.63, 3.8) is 0 Å². The molecule has 0 spiro atoms. The van der Waals surface area contributed by atoms with E-state index in [0.717, 1.165) is 30.0 Å². The van der Waals surface area contributed by atoms with E-state index in [9.17, 15) is 0 Å². The first kappa shape index (κ1) is 11.6. The molecule has 0 bridgehead atoms. The van der Waals surface area contributed by atoms with Gasteiger partial charge in [0.25, 0.3) is 0 Å². The van der Waals surface area contributed by atoms with Gasteiger partial charge in [0.1, 0.15) is 5.75 Å². The number of anilines is 1. The van der Waals surface area contributed by atoms with Crippen LogP contribution >= 0.6 is 0 Å². The molecule has 82 valence electrons. The Hall–Kier alpha value is -1.44. The van der Waals surface area contributed by atoms with Gasteiger partial charge in [-0.2, -0.15) is 0 Å². The monoisotopic (exact) mass is 205 g/mol. The van der Waals surface area contributed by atoms with Crippen molar-refractivity contribution < 1.29 is 4.74 Å². The zero-order valence-corrected chi connectivity index (χ0v) is 9.76. The second-order valence-corrected chi connectivity index (χ2v) is 3.82. The minimum absolute atomic E-state index is 0.931. The molecule has 0 aromatic heterocycles. The third-order valence-corrected chi connectivity index (χ3v) is 2.28. The predicted octanol–water partition coefficient (Wildman–Crippen LogP) is 3.38. The third kappa shape index (κ3) is 3.66. The Morgan fingerprint density at radius 2 is 2.20 bits per heavy atom. The van der Waals surface area contributed by atoms with E-state index in [1.807, 2.05) is 26.0 Å². The minimum atomic E-state index is 0.931. The molecular weight excluding hydrogens is 186 g/mol. The molecule has 1 aromatic carbocycles. The fourth-order valence-electron chi connectivity index (χ4n) is 1.41. The molecule has 0 atom stereocenters. The summed E-state index contributed by atoms with van der Waals surface area (Å²) < 4.78 is 5.20. The average molecular weight is 205 g/mol. The van der Waals surface area contributed by atoms with Gasteiger partial charge in [-0.15, -0.1) is 6.58 Å². The topological polar surface area (TPSA) is 21.3 Å².